The van der Waals surface area contributed by atoms with Gasteiger partial charge in [-0.3, -0.25) is 0 Å². The van der Waals surface area contributed by atoms with Crippen LogP contribution in [-0.2, 0) is 5.54 Å². The summed E-state index contributed by atoms with van der Waals surface area (Å²) in [6.45, 7) is 6.38. The highest BCUT2D eigenvalue weighted by Gasteiger charge is 2.19. The van der Waals surface area contributed by atoms with Crippen LogP contribution in [0, 0.1) is 3.57 Å². The van der Waals surface area contributed by atoms with Gasteiger partial charge in [-0.2, -0.15) is 0 Å². The quantitative estimate of drug-likeness (QED) is 0.760. The zero-order chi connectivity index (χ0) is 11.2. The van der Waals surface area contributed by atoms with Crippen molar-refractivity contribution in [2.75, 3.05) is 5.73 Å². The van der Waals surface area contributed by atoms with E-state index >= 15 is 0 Å². The molecule has 80 valence electrons. The van der Waals surface area contributed by atoms with Gasteiger partial charge in [-0.15, -0.1) is 0 Å². The van der Waals surface area contributed by atoms with Gasteiger partial charge in [0.25, 0.3) is 0 Å². The van der Waals surface area contributed by atoms with Crippen molar-refractivity contribution in [2.24, 2.45) is 0 Å². The van der Waals surface area contributed by atoms with Crippen molar-refractivity contribution in [1.29, 1.82) is 0 Å². The summed E-state index contributed by atoms with van der Waals surface area (Å²) in [5, 5.41) is 0. The average Bonchev–Trinajstić information content (AvgIpc) is 2.38. The van der Waals surface area contributed by atoms with Gasteiger partial charge in [0.15, 0.2) is 0 Å². The first kappa shape index (κ1) is 10.7. The van der Waals surface area contributed by atoms with Crippen LogP contribution in [0.15, 0.2) is 18.2 Å². The molecule has 0 saturated carbocycles. The highest BCUT2D eigenvalue weighted by atomic mass is 127. The van der Waals surface area contributed by atoms with Crippen LogP contribution in [0.1, 0.15) is 20.8 Å². The molecule has 0 amide bonds. The van der Waals surface area contributed by atoms with Gasteiger partial charge in [-0.1, -0.05) is 0 Å². The first-order valence-corrected chi connectivity index (χ1v) is 5.91. The third-order valence-electron chi connectivity index (χ3n) is 2.31. The Morgan fingerprint density at radius 3 is 2.60 bits per heavy atom. The fraction of sp³-hybridized carbons (Fsp3) is 0.364. The molecule has 0 radical (unpaired) electrons. The van der Waals surface area contributed by atoms with Gasteiger partial charge in [-0.25, -0.2) is 4.98 Å². The van der Waals surface area contributed by atoms with Gasteiger partial charge in [0.1, 0.15) is 0 Å². The van der Waals surface area contributed by atoms with E-state index in [0.29, 0.717) is 5.95 Å². The lowest BCUT2D eigenvalue weighted by Crippen LogP contribution is -2.23. The fourth-order valence-electron chi connectivity index (χ4n) is 1.78. The minimum atomic E-state index is -0.0361. The molecule has 0 aliphatic heterocycles. The van der Waals surface area contributed by atoms with E-state index in [1.54, 1.807) is 0 Å². The van der Waals surface area contributed by atoms with Crippen LogP contribution < -0.4 is 5.73 Å². The lowest BCUT2D eigenvalue weighted by atomic mass is 10.1. The Morgan fingerprint density at radius 1 is 1.33 bits per heavy atom. The molecule has 1 aromatic carbocycles. The number of rotatable bonds is 0. The molecule has 2 rings (SSSR count). The van der Waals surface area contributed by atoms with Crippen molar-refractivity contribution in [2.45, 2.75) is 26.3 Å². The van der Waals surface area contributed by atoms with Crippen molar-refractivity contribution in [3.8, 4) is 0 Å². The summed E-state index contributed by atoms with van der Waals surface area (Å²) in [6, 6.07) is 6.20. The van der Waals surface area contributed by atoms with Crippen LogP contribution in [0.25, 0.3) is 11.0 Å². The van der Waals surface area contributed by atoms with E-state index in [0.717, 1.165) is 11.0 Å². The third-order valence-corrected chi connectivity index (χ3v) is 2.98. The lowest BCUT2D eigenvalue weighted by molar-refractivity contribution is 0.414. The SMILES string of the molecule is CC(C)(C)n1c(N)nc2cc(I)ccc21. The predicted molar refractivity (Wildman–Crippen MR) is 71.9 cm³/mol. The average molecular weight is 315 g/mol. The molecule has 0 bridgehead atoms. The molecule has 0 spiro atoms. The maximum Gasteiger partial charge on any atom is 0.201 e. The van der Waals surface area contributed by atoms with Crippen molar-refractivity contribution in [3.05, 3.63) is 21.8 Å². The standard InChI is InChI=1S/C11H14IN3/c1-11(2,3)15-9-5-4-7(12)6-8(9)14-10(15)13/h4-6H,1-3H3,(H2,13,14). The van der Waals surface area contributed by atoms with Crippen LogP contribution in [0.4, 0.5) is 5.95 Å². The molecule has 0 aliphatic carbocycles. The first-order valence-electron chi connectivity index (χ1n) is 4.83. The van der Waals surface area contributed by atoms with Crippen LogP contribution in [-0.4, -0.2) is 9.55 Å². The van der Waals surface area contributed by atoms with E-state index in [4.69, 9.17) is 5.73 Å². The predicted octanol–water partition coefficient (Wildman–Crippen LogP) is 2.98. The summed E-state index contributed by atoms with van der Waals surface area (Å²) >= 11 is 2.28. The van der Waals surface area contributed by atoms with Gasteiger partial charge >= 0.3 is 0 Å². The number of nitrogens with two attached hydrogens (primary N) is 1. The van der Waals surface area contributed by atoms with E-state index in [-0.39, 0.29) is 5.54 Å². The molecular weight excluding hydrogens is 301 g/mol. The minimum absolute atomic E-state index is 0.0361. The fourth-order valence-corrected chi connectivity index (χ4v) is 2.25. The normalized spacial score (nSPS) is 12.3. The Kier molecular flexibility index (Phi) is 2.41. The number of nitrogen functional groups attached to an aromatic ring is 1. The number of benzene rings is 1. The molecule has 0 fully saturated rings. The largest absolute Gasteiger partial charge is 0.369 e. The molecule has 15 heavy (non-hydrogen) atoms. The monoisotopic (exact) mass is 315 g/mol. The van der Waals surface area contributed by atoms with Gasteiger partial charge in [0.2, 0.25) is 5.95 Å². The van der Waals surface area contributed by atoms with Crippen LogP contribution in [0.3, 0.4) is 0 Å². The lowest BCUT2D eigenvalue weighted by Gasteiger charge is -2.23. The number of hydrogen-bond acceptors (Lipinski definition) is 2. The van der Waals surface area contributed by atoms with Crippen molar-refractivity contribution in [3.63, 3.8) is 0 Å². The van der Waals surface area contributed by atoms with Crippen LogP contribution in [0.5, 0.6) is 0 Å². The molecule has 1 heterocycles. The number of imidazole rings is 1. The van der Waals surface area contributed by atoms with Crippen molar-refractivity contribution < 1.29 is 0 Å². The Hall–Kier alpha value is -0.780. The van der Waals surface area contributed by atoms with Gasteiger partial charge in [0.05, 0.1) is 11.0 Å². The summed E-state index contributed by atoms with van der Waals surface area (Å²) in [6.07, 6.45) is 0. The second-order valence-corrected chi connectivity index (χ2v) is 5.85. The first-order chi connectivity index (χ1) is 6.89. The smallest absolute Gasteiger partial charge is 0.201 e. The maximum absolute atomic E-state index is 5.94. The molecule has 2 aromatic rings. The number of nitrogens with zero attached hydrogens (tertiary/aromatic N) is 2. The second-order valence-electron chi connectivity index (χ2n) is 4.61. The summed E-state index contributed by atoms with van der Waals surface area (Å²) in [7, 11) is 0. The Bertz CT molecular complexity index is 508. The topological polar surface area (TPSA) is 43.8 Å². The van der Waals surface area contributed by atoms with Crippen molar-refractivity contribution in [1.82, 2.24) is 9.55 Å². The van der Waals surface area contributed by atoms with E-state index in [1.165, 1.54) is 3.57 Å². The second kappa shape index (κ2) is 3.37. The summed E-state index contributed by atoms with van der Waals surface area (Å²) in [4.78, 5) is 4.38. The van der Waals surface area contributed by atoms with Gasteiger partial charge < -0.3 is 10.3 Å². The molecular formula is C11H14IN3. The summed E-state index contributed by atoms with van der Waals surface area (Å²) in [5.41, 5.74) is 7.97. The van der Waals surface area contributed by atoms with E-state index in [9.17, 15) is 0 Å². The molecule has 0 atom stereocenters. The number of anilines is 1. The van der Waals surface area contributed by atoms with E-state index in [1.807, 2.05) is 0 Å². The van der Waals surface area contributed by atoms with E-state index < -0.39 is 0 Å². The maximum atomic E-state index is 5.94. The number of aromatic nitrogens is 2. The van der Waals surface area contributed by atoms with Crippen LogP contribution in [0.2, 0.25) is 0 Å². The van der Waals surface area contributed by atoms with Gasteiger partial charge in [0, 0.05) is 9.11 Å². The molecule has 1 aromatic heterocycles. The Morgan fingerprint density at radius 2 is 2.00 bits per heavy atom. The summed E-state index contributed by atoms with van der Waals surface area (Å²) in [5.74, 6) is 0.583. The zero-order valence-electron chi connectivity index (χ0n) is 9.08. The van der Waals surface area contributed by atoms with Gasteiger partial charge in [-0.05, 0) is 61.6 Å². The molecule has 0 aliphatic rings. The molecule has 3 nitrogen and oxygen atoms in total. The highest BCUT2D eigenvalue weighted by Crippen LogP contribution is 2.27. The van der Waals surface area contributed by atoms with Crippen LogP contribution >= 0.6 is 22.6 Å². The van der Waals surface area contributed by atoms with Crippen molar-refractivity contribution >= 4 is 39.6 Å². The van der Waals surface area contributed by atoms with E-state index in [2.05, 4.69) is 71.1 Å². The minimum Gasteiger partial charge on any atom is -0.369 e. The Labute approximate surface area is 103 Å². The number of halogens is 1. The highest BCUT2D eigenvalue weighted by molar-refractivity contribution is 14.1. The molecule has 0 saturated heterocycles. The summed E-state index contributed by atoms with van der Waals surface area (Å²) < 4.78 is 3.25. The zero-order valence-corrected chi connectivity index (χ0v) is 11.2. The third kappa shape index (κ3) is 1.82. The number of fused-ring (bicyclic) bond motifs is 1. The number of hydrogen-bond donors (Lipinski definition) is 1. The Balaban J connectivity index is 2.80. The molecule has 0 unspecified atom stereocenters. The molecule has 2 N–H and O–H groups in total. The molecule has 4 heteroatoms.